The van der Waals surface area contributed by atoms with Crippen molar-refractivity contribution in [2.45, 2.75) is 5.92 Å². The van der Waals surface area contributed by atoms with Crippen LogP contribution in [0.15, 0.2) is 24.3 Å². The van der Waals surface area contributed by atoms with Crippen LogP contribution < -0.4 is 5.32 Å². The van der Waals surface area contributed by atoms with Crippen molar-refractivity contribution in [1.29, 1.82) is 0 Å². The summed E-state index contributed by atoms with van der Waals surface area (Å²) in [5.74, 6) is 0.542. The molecule has 1 heterocycles. The number of non-ortho nitro benzene ring substituents is 1. The van der Waals surface area contributed by atoms with Crippen molar-refractivity contribution in [1.82, 2.24) is 5.32 Å². The summed E-state index contributed by atoms with van der Waals surface area (Å²) in [5, 5.41) is 13.5. The van der Waals surface area contributed by atoms with Crippen LogP contribution in [-0.2, 0) is 0 Å². The van der Waals surface area contributed by atoms with E-state index in [4.69, 9.17) is 0 Å². The molecule has 0 unspecified atom stereocenters. The van der Waals surface area contributed by atoms with Crippen LogP contribution in [0.3, 0.4) is 0 Å². The summed E-state index contributed by atoms with van der Waals surface area (Å²) in [4.78, 5) is 9.99. The fourth-order valence-corrected chi connectivity index (χ4v) is 1.39. The first-order valence-corrected chi connectivity index (χ1v) is 4.22. The highest BCUT2D eigenvalue weighted by Crippen LogP contribution is 2.21. The highest BCUT2D eigenvalue weighted by molar-refractivity contribution is 5.85. The van der Waals surface area contributed by atoms with Gasteiger partial charge in [0, 0.05) is 31.1 Å². The van der Waals surface area contributed by atoms with Gasteiger partial charge in [-0.3, -0.25) is 10.1 Å². The van der Waals surface area contributed by atoms with Crippen molar-refractivity contribution >= 4 is 18.1 Å². The minimum absolute atomic E-state index is 0. The molecule has 5 heteroatoms. The number of hydrogen-bond acceptors (Lipinski definition) is 3. The van der Waals surface area contributed by atoms with Gasteiger partial charge in [-0.05, 0) is 5.56 Å². The van der Waals surface area contributed by atoms with E-state index in [1.54, 1.807) is 12.1 Å². The first-order valence-electron chi connectivity index (χ1n) is 4.22. The Hall–Kier alpha value is -1.13. The van der Waals surface area contributed by atoms with Crippen LogP contribution in [0, 0.1) is 10.1 Å². The molecule has 1 aliphatic rings. The van der Waals surface area contributed by atoms with Crippen LogP contribution in [-0.4, -0.2) is 18.0 Å². The molecule has 1 saturated heterocycles. The monoisotopic (exact) mass is 214 g/mol. The number of nitrogens with zero attached hydrogens (tertiary/aromatic N) is 1. The second kappa shape index (κ2) is 4.39. The fraction of sp³-hybridized carbons (Fsp3) is 0.333. The highest BCUT2D eigenvalue weighted by Gasteiger charge is 2.19. The number of nitro benzene ring substituents is 1. The lowest BCUT2D eigenvalue weighted by Crippen LogP contribution is -2.39. The third kappa shape index (κ3) is 2.02. The van der Waals surface area contributed by atoms with Crippen LogP contribution >= 0.6 is 12.4 Å². The third-order valence-corrected chi connectivity index (χ3v) is 2.36. The molecule has 0 saturated carbocycles. The largest absolute Gasteiger partial charge is 0.315 e. The summed E-state index contributed by atoms with van der Waals surface area (Å²) in [6.45, 7) is 1.97. The number of rotatable bonds is 2. The molecule has 0 radical (unpaired) electrons. The summed E-state index contributed by atoms with van der Waals surface area (Å²) >= 11 is 0. The normalized spacial score (nSPS) is 15.4. The number of hydrogen-bond donors (Lipinski definition) is 1. The average molecular weight is 215 g/mol. The van der Waals surface area contributed by atoms with Crippen molar-refractivity contribution in [2.75, 3.05) is 13.1 Å². The smallest absolute Gasteiger partial charge is 0.269 e. The first kappa shape index (κ1) is 10.9. The molecule has 76 valence electrons. The van der Waals surface area contributed by atoms with Gasteiger partial charge in [0.25, 0.3) is 5.69 Å². The molecule has 2 rings (SSSR count). The molecule has 0 aromatic heterocycles. The zero-order valence-corrected chi connectivity index (χ0v) is 8.29. The lowest BCUT2D eigenvalue weighted by atomic mass is 9.94. The Morgan fingerprint density at radius 3 is 2.21 bits per heavy atom. The van der Waals surface area contributed by atoms with E-state index in [1.807, 2.05) is 12.1 Å². The van der Waals surface area contributed by atoms with Gasteiger partial charge in [-0.1, -0.05) is 12.1 Å². The van der Waals surface area contributed by atoms with Crippen LogP contribution in [0.25, 0.3) is 0 Å². The van der Waals surface area contributed by atoms with Gasteiger partial charge in [-0.2, -0.15) is 0 Å². The Labute approximate surface area is 87.9 Å². The molecule has 1 aromatic carbocycles. The molecule has 14 heavy (non-hydrogen) atoms. The lowest BCUT2D eigenvalue weighted by Gasteiger charge is -2.27. The van der Waals surface area contributed by atoms with Gasteiger partial charge in [0.2, 0.25) is 0 Å². The van der Waals surface area contributed by atoms with E-state index in [0.29, 0.717) is 5.92 Å². The lowest BCUT2D eigenvalue weighted by molar-refractivity contribution is -0.384. The minimum atomic E-state index is -0.372. The second-order valence-electron chi connectivity index (χ2n) is 3.20. The van der Waals surface area contributed by atoms with Crippen molar-refractivity contribution in [3.8, 4) is 0 Å². The molecule has 4 nitrogen and oxygen atoms in total. The Kier molecular flexibility index (Phi) is 3.43. The van der Waals surface area contributed by atoms with Gasteiger partial charge in [0.05, 0.1) is 4.92 Å². The van der Waals surface area contributed by atoms with E-state index in [-0.39, 0.29) is 23.0 Å². The van der Waals surface area contributed by atoms with Crippen LogP contribution in [0.5, 0.6) is 0 Å². The van der Waals surface area contributed by atoms with E-state index in [2.05, 4.69) is 5.32 Å². The predicted molar refractivity (Wildman–Crippen MR) is 56.0 cm³/mol. The molecular formula is C9H11ClN2O2. The van der Waals surface area contributed by atoms with Crippen molar-refractivity contribution in [2.24, 2.45) is 0 Å². The molecule has 1 aliphatic heterocycles. The van der Waals surface area contributed by atoms with Crippen LogP contribution in [0.1, 0.15) is 11.5 Å². The molecule has 0 spiro atoms. The summed E-state index contributed by atoms with van der Waals surface area (Å²) in [6.07, 6.45) is 0. The number of benzene rings is 1. The summed E-state index contributed by atoms with van der Waals surface area (Å²) in [6, 6.07) is 6.80. The van der Waals surface area contributed by atoms with Gasteiger partial charge in [0.15, 0.2) is 0 Å². The van der Waals surface area contributed by atoms with E-state index in [0.717, 1.165) is 13.1 Å². The van der Waals surface area contributed by atoms with Gasteiger partial charge >= 0.3 is 0 Å². The zero-order valence-electron chi connectivity index (χ0n) is 7.47. The number of halogens is 1. The molecular weight excluding hydrogens is 204 g/mol. The topological polar surface area (TPSA) is 55.2 Å². The molecule has 0 amide bonds. The van der Waals surface area contributed by atoms with E-state index in [1.165, 1.54) is 5.56 Å². The molecule has 0 bridgehead atoms. The molecule has 1 N–H and O–H groups in total. The Morgan fingerprint density at radius 1 is 1.29 bits per heavy atom. The zero-order chi connectivity index (χ0) is 9.26. The molecule has 0 aliphatic carbocycles. The summed E-state index contributed by atoms with van der Waals surface area (Å²) in [5.41, 5.74) is 1.35. The van der Waals surface area contributed by atoms with E-state index < -0.39 is 0 Å². The van der Waals surface area contributed by atoms with E-state index in [9.17, 15) is 10.1 Å². The van der Waals surface area contributed by atoms with Crippen molar-refractivity contribution in [3.63, 3.8) is 0 Å². The maximum Gasteiger partial charge on any atom is 0.269 e. The summed E-state index contributed by atoms with van der Waals surface area (Å²) in [7, 11) is 0. The minimum Gasteiger partial charge on any atom is -0.315 e. The molecule has 0 atom stereocenters. The predicted octanol–water partition coefficient (Wildman–Crippen LogP) is 1.70. The van der Waals surface area contributed by atoms with Gasteiger partial charge in [-0.15, -0.1) is 12.4 Å². The van der Waals surface area contributed by atoms with Crippen molar-refractivity contribution in [3.05, 3.63) is 39.9 Å². The van der Waals surface area contributed by atoms with Crippen molar-refractivity contribution < 1.29 is 4.92 Å². The quantitative estimate of drug-likeness (QED) is 0.602. The third-order valence-electron chi connectivity index (χ3n) is 2.36. The number of nitrogens with one attached hydrogen (secondary N) is 1. The Bertz CT molecular complexity index is 322. The molecule has 1 fully saturated rings. The van der Waals surface area contributed by atoms with E-state index >= 15 is 0 Å². The maximum absolute atomic E-state index is 10.4. The SMILES string of the molecule is Cl.O=[N+]([O-])c1ccc(C2CNC2)cc1. The second-order valence-corrected chi connectivity index (χ2v) is 3.20. The van der Waals surface area contributed by atoms with Gasteiger partial charge < -0.3 is 5.32 Å². The fourth-order valence-electron chi connectivity index (χ4n) is 1.39. The highest BCUT2D eigenvalue weighted by atomic mass is 35.5. The first-order chi connectivity index (χ1) is 6.27. The molecule has 1 aromatic rings. The standard InChI is InChI=1S/C9H10N2O2.ClH/c12-11(13)9-3-1-7(2-4-9)8-5-10-6-8;/h1-4,8,10H,5-6H2;1H. The van der Waals surface area contributed by atoms with Crippen LogP contribution in [0.2, 0.25) is 0 Å². The Morgan fingerprint density at radius 2 is 1.86 bits per heavy atom. The van der Waals surface area contributed by atoms with Gasteiger partial charge in [-0.25, -0.2) is 0 Å². The average Bonchev–Trinajstić information content (AvgIpc) is 2.02. The summed E-state index contributed by atoms with van der Waals surface area (Å²) < 4.78 is 0. The van der Waals surface area contributed by atoms with Gasteiger partial charge in [0.1, 0.15) is 0 Å². The van der Waals surface area contributed by atoms with Crippen LogP contribution in [0.4, 0.5) is 5.69 Å². The number of nitro groups is 1. The Balaban J connectivity index is 0.000000980. The maximum atomic E-state index is 10.4.